The maximum atomic E-state index is 12.7. The van der Waals surface area contributed by atoms with Gasteiger partial charge in [0.05, 0.1) is 46.9 Å². The first-order chi connectivity index (χ1) is 12.7. The fraction of sp³-hybridized carbons (Fsp3) is 0.167. The quantitative estimate of drug-likeness (QED) is 0.577. The predicted octanol–water partition coefficient (Wildman–Crippen LogP) is 2.42. The summed E-state index contributed by atoms with van der Waals surface area (Å²) in [6.45, 7) is 2.00. The minimum atomic E-state index is -0.218. The van der Waals surface area contributed by atoms with E-state index in [0.717, 1.165) is 16.9 Å². The summed E-state index contributed by atoms with van der Waals surface area (Å²) in [4.78, 5) is 24.7. The second-order valence-corrected chi connectivity index (χ2v) is 5.85. The van der Waals surface area contributed by atoms with Crippen molar-refractivity contribution in [1.29, 1.82) is 0 Å². The van der Waals surface area contributed by atoms with Crippen LogP contribution in [0.3, 0.4) is 0 Å². The number of nitrogens with zero attached hydrogens (tertiary/aromatic N) is 5. The largest absolute Gasteiger partial charge is 0.342 e. The van der Waals surface area contributed by atoms with Crippen LogP contribution in [-0.2, 0) is 0 Å². The molecule has 2 N–H and O–H groups in total. The van der Waals surface area contributed by atoms with Crippen LogP contribution in [0.15, 0.2) is 55.1 Å². The molecule has 0 aliphatic rings. The molecule has 0 radical (unpaired) electrons. The molecule has 0 saturated heterocycles. The molecular formula is C18H17N7O. The molecule has 3 aromatic heterocycles. The monoisotopic (exact) mass is 347 g/mol. The number of carbonyl (C=O) groups excluding carboxylic acids is 1. The van der Waals surface area contributed by atoms with Gasteiger partial charge in [0, 0.05) is 6.20 Å². The molecular weight excluding hydrogens is 330 g/mol. The first-order valence-electron chi connectivity index (χ1n) is 8.32. The molecule has 26 heavy (non-hydrogen) atoms. The van der Waals surface area contributed by atoms with Crippen molar-refractivity contribution in [3.05, 3.63) is 66.5 Å². The second-order valence-electron chi connectivity index (χ2n) is 5.85. The third-order valence-electron chi connectivity index (χ3n) is 4.12. The van der Waals surface area contributed by atoms with E-state index in [-0.39, 0.29) is 11.9 Å². The summed E-state index contributed by atoms with van der Waals surface area (Å²) >= 11 is 0. The topological polar surface area (TPSA) is 101 Å². The molecule has 3 heterocycles. The summed E-state index contributed by atoms with van der Waals surface area (Å²) in [5, 5.41) is 10.7. The smallest absolute Gasteiger partial charge is 0.253 e. The number of imidazole rings is 1. The normalized spacial score (nSPS) is 12.2. The molecule has 0 unspecified atom stereocenters. The predicted molar refractivity (Wildman–Crippen MR) is 95.7 cm³/mol. The van der Waals surface area contributed by atoms with Gasteiger partial charge in [-0.2, -0.15) is 0 Å². The molecule has 130 valence electrons. The molecule has 0 aliphatic heterocycles. The second kappa shape index (κ2) is 6.75. The lowest BCUT2D eigenvalue weighted by atomic mass is 10.2. The Labute approximate surface area is 149 Å². The van der Waals surface area contributed by atoms with E-state index in [1.807, 2.05) is 31.2 Å². The summed E-state index contributed by atoms with van der Waals surface area (Å²) in [5.41, 5.74) is 2.95. The van der Waals surface area contributed by atoms with Crippen molar-refractivity contribution < 1.29 is 4.79 Å². The maximum Gasteiger partial charge on any atom is 0.253 e. The minimum absolute atomic E-state index is 0.216. The van der Waals surface area contributed by atoms with Crippen molar-refractivity contribution in [1.82, 2.24) is 35.3 Å². The molecule has 8 nitrogen and oxygen atoms in total. The fourth-order valence-corrected chi connectivity index (χ4v) is 2.77. The number of rotatable bonds is 5. The number of pyridine rings is 1. The first kappa shape index (κ1) is 15.9. The molecule has 4 aromatic rings. The van der Waals surface area contributed by atoms with Crippen LogP contribution >= 0.6 is 0 Å². The van der Waals surface area contributed by atoms with Crippen LogP contribution in [0.1, 0.15) is 35.6 Å². The summed E-state index contributed by atoms with van der Waals surface area (Å²) in [6.07, 6.45) is 7.13. The number of amides is 1. The van der Waals surface area contributed by atoms with Gasteiger partial charge in [0.15, 0.2) is 0 Å². The van der Waals surface area contributed by atoms with E-state index >= 15 is 0 Å². The van der Waals surface area contributed by atoms with Crippen LogP contribution in [-0.4, -0.2) is 35.9 Å². The van der Waals surface area contributed by atoms with Gasteiger partial charge in [-0.3, -0.25) is 9.78 Å². The van der Waals surface area contributed by atoms with Crippen LogP contribution in [0.4, 0.5) is 0 Å². The number of H-pyrrole nitrogens is 1. The van der Waals surface area contributed by atoms with E-state index in [0.29, 0.717) is 17.7 Å². The zero-order valence-electron chi connectivity index (χ0n) is 14.1. The molecule has 0 fully saturated rings. The third-order valence-corrected chi connectivity index (χ3v) is 4.12. The summed E-state index contributed by atoms with van der Waals surface area (Å²) in [6, 6.07) is 9.30. The Balaban J connectivity index is 1.57. The molecule has 1 aromatic carbocycles. The number of aromatic amines is 1. The van der Waals surface area contributed by atoms with E-state index in [2.05, 4.69) is 30.6 Å². The number of hydrogen-bond donors (Lipinski definition) is 2. The Morgan fingerprint density at radius 1 is 1.31 bits per heavy atom. The van der Waals surface area contributed by atoms with Crippen LogP contribution in [0.25, 0.3) is 16.7 Å². The summed E-state index contributed by atoms with van der Waals surface area (Å²) < 4.78 is 1.56. The van der Waals surface area contributed by atoms with Gasteiger partial charge in [-0.15, -0.1) is 5.10 Å². The number of aromatic nitrogens is 6. The van der Waals surface area contributed by atoms with E-state index in [1.165, 1.54) is 6.20 Å². The first-order valence-corrected chi connectivity index (χ1v) is 8.32. The van der Waals surface area contributed by atoms with Crippen molar-refractivity contribution in [2.24, 2.45) is 0 Å². The van der Waals surface area contributed by atoms with E-state index in [1.54, 1.807) is 29.3 Å². The van der Waals surface area contributed by atoms with Gasteiger partial charge in [-0.25, -0.2) is 9.67 Å². The Morgan fingerprint density at radius 3 is 2.96 bits per heavy atom. The SMILES string of the molecule is CC[C@H](NC(=O)c1cncc(-n2ccnn2)c1)c1nc2ccccc2[nH]1. The highest BCUT2D eigenvalue weighted by Crippen LogP contribution is 2.19. The summed E-state index contributed by atoms with van der Waals surface area (Å²) in [5.74, 6) is 0.522. The van der Waals surface area contributed by atoms with Crippen LogP contribution in [0.2, 0.25) is 0 Å². The van der Waals surface area contributed by atoms with Crippen molar-refractivity contribution in [2.75, 3.05) is 0 Å². The zero-order valence-corrected chi connectivity index (χ0v) is 14.1. The average molecular weight is 347 g/mol. The van der Waals surface area contributed by atoms with Gasteiger partial charge < -0.3 is 10.3 Å². The van der Waals surface area contributed by atoms with Crippen LogP contribution in [0, 0.1) is 0 Å². The lowest BCUT2D eigenvalue weighted by molar-refractivity contribution is 0.0933. The molecule has 4 rings (SSSR count). The number of carbonyl (C=O) groups is 1. The number of benzene rings is 1. The molecule has 1 atom stereocenters. The number of fused-ring (bicyclic) bond motifs is 1. The van der Waals surface area contributed by atoms with Crippen LogP contribution < -0.4 is 5.32 Å². The van der Waals surface area contributed by atoms with E-state index < -0.39 is 0 Å². The fourth-order valence-electron chi connectivity index (χ4n) is 2.77. The van der Waals surface area contributed by atoms with Crippen molar-refractivity contribution in [2.45, 2.75) is 19.4 Å². The molecule has 0 saturated carbocycles. The summed E-state index contributed by atoms with van der Waals surface area (Å²) in [7, 11) is 0. The highest BCUT2D eigenvalue weighted by Gasteiger charge is 2.18. The Hall–Kier alpha value is -3.55. The standard InChI is InChI=1S/C18H17N7O/c1-2-14(17-21-15-5-3-4-6-16(15)22-17)23-18(26)12-9-13(11-19-10-12)25-8-7-20-24-25/h3-11,14H,2H2,1H3,(H,21,22)(H,23,26)/t14-/m0/s1. The Bertz CT molecular complexity index is 1010. The Kier molecular flexibility index (Phi) is 4.14. The Morgan fingerprint density at radius 2 is 2.19 bits per heavy atom. The average Bonchev–Trinajstić information content (AvgIpc) is 3.35. The molecule has 0 aliphatic carbocycles. The molecule has 0 bridgehead atoms. The van der Waals surface area contributed by atoms with Crippen LogP contribution in [0.5, 0.6) is 0 Å². The van der Waals surface area contributed by atoms with E-state index in [4.69, 9.17) is 0 Å². The maximum absolute atomic E-state index is 12.7. The molecule has 8 heteroatoms. The molecule has 1 amide bonds. The molecule has 0 spiro atoms. The van der Waals surface area contributed by atoms with Gasteiger partial charge in [-0.05, 0) is 24.6 Å². The minimum Gasteiger partial charge on any atom is -0.342 e. The number of hydrogen-bond acceptors (Lipinski definition) is 5. The lowest BCUT2D eigenvalue weighted by Crippen LogP contribution is -2.29. The number of nitrogens with one attached hydrogen (secondary N) is 2. The van der Waals surface area contributed by atoms with Gasteiger partial charge in [0.25, 0.3) is 5.91 Å². The van der Waals surface area contributed by atoms with Gasteiger partial charge in [0.1, 0.15) is 5.82 Å². The van der Waals surface area contributed by atoms with Crippen molar-refractivity contribution >= 4 is 16.9 Å². The number of para-hydroxylation sites is 2. The van der Waals surface area contributed by atoms with Gasteiger partial charge in [-0.1, -0.05) is 24.3 Å². The van der Waals surface area contributed by atoms with Gasteiger partial charge in [0.2, 0.25) is 0 Å². The lowest BCUT2D eigenvalue weighted by Gasteiger charge is -2.14. The third kappa shape index (κ3) is 3.04. The van der Waals surface area contributed by atoms with Gasteiger partial charge >= 0.3 is 0 Å². The highest BCUT2D eigenvalue weighted by atomic mass is 16.1. The zero-order chi connectivity index (χ0) is 17.9. The van der Waals surface area contributed by atoms with Crippen molar-refractivity contribution in [3.63, 3.8) is 0 Å². The highest BCUT2D eigenvalue weighted by molar-refractivity contribution is 5.94. The van der Waals surface area contributed by atoms with Crippen molar-refractivity contribution in [3.8, 4) is 5.69 Å². The van der Waals surface area contributed by atoms with E-state index in [9.17, 15) is 4.79 Å².